The lowest BCUT2D eigenvalue weighted by Gasteiger charge is -2.29. The van der Waals surface area contributed by atoms with Gasteiger partial charge in [0.05, 0.1) is 25.4 Å². The maximum absolute atomic E-state index is 9.34. The number of benzene rings is 1. The number of hydrogen-bond acceptors (Lipinski definition) is 7. The maximum atomic E-state index is 9.34. The summed E-state index contributed by atoms with van der Waals surface area (Å²) in [6.07, 6.45) is 1.96. The van der Waals surface area contributed by atoms with E-state index in [1.165, 1.54) is 0 Å². The minimum absolute atomic E-state index is 0.348. The molecule has 0 fully saturated rings. The van der Waals surface area contributed by atoms with Crippen LogP contribution in [0.25, 0.3) is 0 Å². The fraction of sp³-hybridized carbons (Fsp3) is 0.571. The molecule has 2 rings (SSSR count). The molecule has 1 aromatic carbocycles. The molecule has 6 nitrogen and oxygen atoms in total. The highest BCUT2D eigenvalue weighted by molar-refractivity contribution is 7.98. The molecule has 0 spiro atoms. The van der Waals surface area contributed by atoms with E-state index in [2.05, 4.69) is 5.32 Å². The molecule has 0 amide bonds. The Hall–Kier alpha value is -0.990. The zero-order chi connectivity index (χ0) is 15.3. The van der Waals surface area contributed by atoms with E-state index in [0.717, 1.165) is 16.2 Å². The summed E-state index contributed by atoms with van der Waals surface area (Å²) in [7, 11) is 0. The standard InChI is InChI=1S/C14H21NO5S/c1-21-13-5-12-11(19-2-3-20-12)4-10(13)6-15-14(7-16,8-17)9-18/h4-5,15-18H,2-3,6-9H2,1H3. The van der Waals surface area contributed by atoms with Gasteiger partial charge in [0, 0.05) is 11.4 Å². The van der Waals surface area contributed by atoms with E-state index in [-0.39, 0.29) is 19.8 Å². The third kappa shape index (κ3) is 3.61. The number of hydrogen-bond donors (Lipinski definition) is 4. The highest BCUT2D eigenvalue weighted by Crippen LogP contribution is 2.36. The largest absolute Gasteiger partial charge is 0.486 e. The van der Waals surface area contributed by atoms with E-state index in [0.29, 0.717) is 25.5 Å². The van der Waals surface area contributed by atoms with Gasteiger partial charge in [-0.2, -0.15) is 0 Å². The first-order chi connectivity index (χ1) is 10.2. The maximum Gasteiger partial charge on any atom is 0.162 e. The number of fused-ring (bicyclic) bond motifs is 1. The molecule has 0 saturated heterocycles. The normalized spacial score (nSPS) is 14.3. The molecule has 0 atom stereocenters. The van der Waals surface area contributed by atoms with Crippen LogP contribution in [0.2, 0.25) is 0 Å². The van der Waals surface area contributed by atoms with E-state index >= 15 is 0 Å². The summed E-state index contributed by atoms with van der Waals surface area (Å²) < 4.78 is 11.1. The Bertz CT molecular complexity index is 470. The molecular formula is C14H21NO5S. The summed E-state index contributed by atoms with van der Waals surface area (Å²) in [5.74, 6) is 1.42. The second-order valence-corrected chi connectivity index (χ2v) is 5.76. The Morgan fingerprint density at radius 2 is 1.67 bits per heavy atom. The molecule has 0 unspecified atom stereocenters. The smallest absolute Gasteiger partial charge is 0.162 e. The van der Waals surface area contributed by atoms with E-state index in [4.69, 9.17) is 9.47 Å². The van der Waals surface area contributed by atoms with Gasteiger partial charge in [0.25, 0.3) is 0 Å². The first kappa shape index (κ1) is 16.4. The molecule has 4 N–H and O–H groups in total. The molecule has 0 aromatic heterocycles. The lowest BCUT2D eigenvalue weighted by molar-refractivity contribution is 0.0412. The van der Waals surface area contributed by atoms with Gasteiger partial charge in [0.1, 0.15) is 13.2 Å². The number of nitrogens with one attached hydrogen (secondary N) is 1. The number of ether oxygens (including phenoxy) is 2. The minimum Gasteiger partial charge on any atom is -0.486 e. The van der Waals surface area contributed by atoms with E-state index in [1.807, 2.05) is 18.4 Å². The molecule has 0 saturated carbocycles. The molecular weight excluding hydrogens is 294 g/mol. The van der Waals surface area contributed by atoms with Crippen LogP contribution >= 0.6 is 11.8 Å². The third-order valence-corrected chi connectivity index (χ3v) is 4.33. The number of rotatable bonds is 7. The highest BCUT2D eigenvalue weighted by Gasteiger charge is 2.27. The van der Waals surface area contributed by atoms with Gasteiger partial charge in [-0.1, -0.05) is 0 Å². The van der Waals surface area contributed by atoms with Crippen molar-refractivity contribution in [2.45, 2.75) is 17.0 Å². The molecule has 118 valence electrons. The molecule has 0 radical (unpaired) electrons. The average molecular weight is 315 g/mol. The Morgan fingerprint density at radius 3 is 2.19 bits per heavy atom. The minimum atomic E-state index is -1.09. The SMILES string of the molecule is CSc1cc2c(cc1CNC(CO)(CO)CO)OCCO2. The van der Waals surface area contributed by atoms with E-state index in [1.54, 1.807) is 11.8 Å². The first-order valence-electron chi connectivity index (χ1n) is 6.72. The molecule has 1 heterocycles. The predicted octanol–water partition coefficient (Wildman–Crippen LogP) is -0.0150. The third-order valence-electron chi connectivity index (χ3n) is 3.51. The molecule has 1 aliphatic rings. The van der Waals surface area contributed by atoms with Crippen molar-refractivity contribution in [1.82, 2.24) is 5.32 Å². The van der Waals surface area contributed by atoms with Crippen molar-refractivity contribution < 1.29 is 24.8 Å². The molecule has 21 heavy (non-hydrogen) atoms. The van der Waals surface area contributed by atoms with E-state index in [9.17, 15) is 15.3 Å². The van der Waals surface area contributed by atoms with Gasteiger partial charge in [0.2, 0.25) is 0 Å². The van der Waals surface area contributed by atoms with Crippen LogP contribution in [0.4, 0.5) is 0 Å². The molecule has 0 aliphatic carbocycles. The van der Waals surface area contributed by atoms with Crippen molar-refractivity contribution >= 4 is 11.8 Å². The zero-order valence-electron chi connectivity index (χ0n) is 12.0. The number of aliphatic hydroxyl groups is 3. The Morgan fingerprint density at radius 1 is 1.10 bits per heavy atom. The second-order valence-electron chi connectivity index (χ2n) is 4.92. The molecule has 7 heteroatoms. The van der Waals surface area contributed by atoms with Crippen LogP contribution in [0.15, 0.2) is 17.0 Å². The van der Waals surface area contributed by atoms with Gasteiger partial charge in [-0.05, 0) is 24.0 Å². The van der Waals surface area contributed by atoms with Gasteiger partial charge in [-0.3, -0.25) is 0 Å². The van der Waals surface area contributed by atoms with Crippen molar-refractivity contribution in [3.8, 4) is 11.5 Å². The monoisotopic (exact) mass is 315 g/mol. The molecule has 1 aromatic rings. The fourth-order valence-corrected chi connectivity index (χ4v) is 2.66. The summed E-state index contributed by atoms with van der Waals surface area (Å²) in [6.45, 7) is 0.416. The fourth-order valence-electron chi connectivity index (χ4n) is 2.04. The van der Waals surface area contributed by atoms with Crippen molar-refractivity contribution in [1.29, 1.82) is 0 Å². The summed E-state index contributed by atoms with van der Waals surface area (Å²) >= 11 is 1.58. The van der Waals surface area contributed by atoms with Crippen LogP contribution in [-0.2, 0) is 6.54 Å². The predicted molar refractivity (Wildman–Crippen MR) is 80.0 cm³/mol. The van der Waals surface area contributed by atoms with Crippen molar-refractivity contribution in [2.75, 3.05) is 39.3 Å². The molecule has 0 bridgehead atoms. The number of thioether (sulfide) groups is 1. The average Bonchev–Trinajstić information content (AvgIpc) is 2.55. The highest BCUT2D eigenvalue weighted by atomic mass is 32.2. The van der Waals surface area contributed by atoms with Crippen LogP contribution in [0.5, 0.6) is 11.5 Å². The van der Waals surface area contributed by atoms with Crippen LogP contribution in [0, 0.1) is 0 Å². The lowest BCUT2D eigenvalue weighted by Crippen LogP contribution is -2.54. The first-order valence-corrected chi connectivity index (χ1v) is 7.94. The van der Waals surface area contributed by atoms with Crippen LogP contribution in [0.1, 0.15) is 5.56 Å². The number of aliphatic hydroxyl groups excluding tert-OH is 3. The van der Waals surface area contributed by atoms with Crippen molar-refractivity contribution in [2.24, 2.45) is 0 Å². The lowest BCUT2D eigenvalue weighted by atomic mass is 10.0. The molecule has 1 aliphatic heterocycles. The quantitative estimate of drug-likeness (QED) is 0.526. The zero-order valence-corrected chi connectivity index (χ0v) is 12.8. The summed E-state index contributed by atoms with van der Waals surface area (Å²) in [5, 5.41) is 31.0. The summed E-state index contributed by atoms with van der Waals surface area (Å²) in [5.41, 5.74) is -0.130. The van der Waals surface area contributed by atoms with E-state index < -0.39 is 5.54 Å². The van der Waals surface area contributed by atoms with Gasteiger partial charge in [0.15, 0.2) is 11.5 Å². The Labute approximate surface area is 128 Å². The van der Waals surface area contributed by atoms with Crippen LogP contribution < -0.4 is 14.8 Å². The van der Waals surface area contributed by atoms with Gasteiger partial charge >= 0.3 is 0 Å². The van der Waals surface area contributed by atoms with Crippen molar-refractivity contribution in [3.05, 3.63) is 17.7 Å². The topological polar surface area (TPSA) is 91.2 Å². The van der Waals surface area contributed by atoms with Gasteiger partial charge in [-0.15, -0.1) is 11.8 Å². The second kappa shape index (κ2) is 7.33. The Balaban J connectivity index is 2.19. The van der Waals surface area contributed by atoms with Crippen LogP contribution in [0.3, 0.4) is 0 Å². The summed E-state index contributed by atoms with van der Waals surface area (Å²) in [4.78, 5) is 1.02. The van der Waals surface area contributed by atoms with Crippen LogP contribution in [-0.4, -0.2) is 60.1 Å². The van der Waals surface area contributed by atoms with Gasteiger partial charge < -0.3 is 30.1 Å². The Kier molecular flexibility index (Phi) is 5.72. The van der Waals surface area contributed by atoms with Gasteiger partial charge in [-0.25, -0.2) is 0 Å². The van der Waals surface area contributed by atoms with Crippen molar-refractivity contribution in [3.63, 3.8) is 0 Å². The summed E-state index contributed by atoms with van der Waals surface area (Å²) in [6, 6.07) is 3.82.